The molecular formula is C15H11N7O2S. The standard InChI is InChI=1S/C15H11N7O2S/c23-14(11-7-4-8-24-11)22-12(16-18-15(22)25)9-21-19-13(17-20-21)10-5-2-1-3-6-10/h1-8H,9H2,(H,18,25). The van der Waals surface area contributed by atoms with Crippen molar-refractivity contribution in [1.29, 1.82) is 0 Å². The van der Waals surface area contributed by atoms with Gasteiger partial charge in [0.1, 0.15) is 6.54 Å². The maximum Gasteiger partial charge on any atom is 0.301 e. The van der Waals surface area contributed by atoms with Gasteiger partial charge in [-0.15, -0.1) is 10.2 Å². The highest BCUT2D eigenvalue weighted by molar-refractivity contribution is 7.71. The number of rotatable bonds is 4. The van der Waals surface area contributed by atoms with E-state index in [-0.39, 0.29) is 17.1 Å². The smallest absolute Gasteiger partial charge is 0.301 e. The Hall–Kier alpha value is -3.40. The summed E-state index contributed by atoms with van der Waals surface area (Å²) >= 11 is 5.14. The number of hydrogen-bond acceptors (Lipinski definition) is 7. The van der Waals surface area contributed by atoms with Crippen LogP contribution in [0, 0.1) is 4.77 Å². The lowest BCUT2D eigenvalue weighted by atomic mass is 10.2. The Morgan fingerprint density at radius 3 is 2.80 bits per heavy atom. The third-order valence-corrected chi connectivity index (χ3v) is 3.72. The van der Waals surface area contributed by atoms with E-state index < -0.39 is 5.91 Å². The molecule has 9 nitrogen and oxygen atoms in total. The number of hydrogen-bond donors (Lipinski definition) is 1. The lowest BCUT2D eigenvalue weighted by molar-refractivity contribution is 0.0926. The zero-order valence-corrected chi connectivity index (χ0v) is 13.6. The SMILES string of the molecule is O=C(c1ccco1)n1c(Cn2nnc(-c3ccccc3)n2)n[nH]c1=S. The highest BCUT2D eigenvalue weighted by atomic mass is 32.1. The molecule has 25 heavy (non-hydrogen) atoms. The molecular weight excluding hydrogens is 342 g/mol. The normalized spacial score (nSPS) is 10.9. The van der Waals surface area contributed by atoms with Crippen LogP contribution >= 0.6 is 12.2 Å². The molecule has 4 aromatic rings. The molecule has 4 rings (SSSR count). The second-order valence-corrected chi connectivity index (χ2v) is 5.46. The number of benzene rings is 1. The van der Waals surface area contributed by atoms with Gasteiger partial charge in [-0.3, -0.25) is 9.89 Å². The molecule has 0 aliphatic rings. The van der Waals surface area contributed by atoms with Crippen molar-refractivity contribution in [2.75, 3.05) is 0 Å². The van der Waals surface area contributed by atoms with E-state index in [1.807, 2.05) is 30.3 Å². The van der Waals surface area contributed by atoms with Crippen molar-refractivity contribution in [2.24, 2.45) is 0 Å². The van der Waals surface area contributed by atoms with Crippen LogP contribution < -0.4 is 0 Å². The van der Waals surface area contributed by atoms with Crippen LogP contribution in [0.5, 0.6) is 0 Å². The van der Waals surface area contributed by atoms with Crippen LogP contribution in [0.15, 0.2) is 53.1 Å². The first-order valence-electron chi connectivity index (χ1n) is 7.30. The van der Waals surface area contributed by atoms with Gasteiger partial charge in [-0.1, -0.05) is 30.3 Å². The summed E-state index contributed by atoms with van der Waals surface area (Å²) in [5, 5.41) is 19.0. The lowest BCUT2D eigenvalue weighted by Crippen LogP contribution is -2.18. The van der Waals surface area contributed by atoms with E-state index in [4.69, 9.17) is 16.6 Å². The largest absolute Gasteiger partial charge is 0.459 e. The Kier molecular flexibility index (Phi) is 3.78. The molecule has 10 heteroatoms. The van der Waals surface area contributed by atoms with Crippen molar-refractivity contribution in [3.8, 4) is 11.4 Å². The maximum absolute atomic E-state index is 12.5. The van der Waals surface area contributed by atoms with Gasteiger partial charge in [0, 0.05) is 5.56 Å². The Bertz CT molecular complexity index is 1060. The first kappa shape index (κ1) is 15.1. The highest BCUT2D eigenvalue weighted by Gasteiger charge is 2.19. The Labute approximate surface area is 145 Å². The summed E-state index contributed by atoms with van der Waals surface area (Å²) in [6, 6.07) is 12.7. The van der Waals surface area contributed by atoms with E-state index in [1.165, 1.54) is 15.6 Å². The zero-order chi connectivity index (χ0) is 17.2. The molecule has 0 unspecified atom stereocenters. The molecule has 0 radical (unpaired) electrons. The summed E-state index contributed by atoms with van der Waals surface area (Å²) in [6.45, 7) is 0.124. The van der Waals surface area contributed by atoms with Crippen LogP contribution in [-0.4, -0.2) is 40.9 Å². The molecule has 0 aliphatic carbocycles. The minimum Gasteiger partial charge on any atom is -0.459 e. The van der Waals surface area contributed by atoms with E-state index in [2.05, 4.69) is 25.6 Å². The quantitative estimate of drug-likeness (QED) is 0.558. The third-order valence-electron chi connectivity index (χ3n) is 3.44. The van der Waals surface area contributed by atoms with Crippen molar-refractivity contribution in [3.05, 3.63) is 65.1 Å². The molecule has 3 heterocycles. The fraction of sp³-hybridized carbons (Fsp3) is 0.0667. The van der Waals surface area contributed by atoms with Crippen LogP contribution in [0.4, 0.5) is 0 Å². The predicted molar refractivity (Wildman–Crippen MR) is 88.2 cm³/mol. The van der Waals surface area contributed by atoms with Crippen molar-refractivity contribution < 1.29 is 9.21 Å². The molecule has 0 saturated heterocycles. The molecule has 0 aliphatic heterocycles. The minimum absolute atomic E-state index is 0.124. The molecule has 1 aromatic carbocycles. The van der Waals surface area contributed by atoms with Crippen molar-refractivity contribution in [2.45, 2.75) is 6.54 Å². The number of carbonyl (C=O) groups is 1. The van der Waals surface area contributed by atoms with Crippen LogP contribution in [0.1, 0.15) is 16.4 Å². The van der Waals surface area contributed by atoms with Crippen molar-refractivity contribution in [1.82, 2.24) is 35.0 Å². The van der Waals surface area contributed by atoms with Crippen molar-refractivity contribution in [3.63, 3.8) is 0 Å². The fourth-order valence-corrected chi connectivity index (χ4v) is 2.53. The molecule has 1 N–H and O–H groups in total. The van der Waals surface area contributed by atoms with Crippen LogP contribution in [0.25, 0.3) is 11.4 Å². The van der Waals surface area contributed by atoms with Gasteiger partial charge in [-0.05, 0) is 29.6 Å². The summed E-state index contributed by atoms with van der Waals surface area (Å²) in [7, 11) is 0. The zero-order valence-electron chi connectivity index (χ0n) is 12.7. The number of aromatic nitrogens is 7. The van der Waals surface area contributed by atoms with Gasteiger partial charge >= 0.3 is 5.91 Å². The van der Waals surface area contributed by atoms with E-state index >= 15 is 0 Å². The monoisotopic (exact) mass is 353 g/mol. The summed E-state index contributed by atoms with van der Waals surface area (Å²) in [4.78, 5) is 13.9. The van der Waals surface area contributed by atoms with Gasteiger partial charge in [0.15, 0.2) is 11.6 Å². The molecule has 0 amide bonds. The molecule has 0 atom stereocenters. The number of carbonyl (C=O) groups excluding carboxylic acids is 1. The fourth-order valence-electron chi connectivity index (χ4n) is 2.30. The second kappa shape index (κ2) is 6.24. The van der Waals surface area contributed by atoms with E-state index in [0.29, 0.717) is 11.6 Å². The van der Waals surface area contributed by atoms with Crippen LogP contribution in [0.3, 0.4) is 0 Å². The highest BCUT2D eigenvalue weighted by Crippen LogP contribution is 2.13. The molecule has 124 valence electrons. The maximum atomic E-state index is 12.5. The number of aromatic amines is 1. The van der Waals surface area contributed by atoms with Crippen molar-refractivity contribution >= 4 is 18.1 Å². The number of furan rings is 1. The Balaban J connectivity index is 1.63. The minimum atomic E-state index is -0.415. The summed E-state index contributed by atoms with van der Waals surface area (Å²) < 4.78 is 6.55. The van der Waals surface area contributed by atoms with Gasteiger partial charge in [-0.25, -0.2) is 4.57 Å². The number of H-pyrrole nitrogens is 1. The topological polar surface area (TPSA) is 107 Å². The predicted octanol–water partition coefficient (Wildman–Crippen LogP) is 1.92. The Morgan fingerprint density at radius 2 is 2.04 bits per heavy atom. The number of nitrogens with zero attached hydrogens (tertiary/aromatic N) is 6. The summed E-state index contributed by atoms with van der Waals surface area (Å²) in [5.41, 5.74) is 0.847. The Morgan fingerprint density at radius 1 is 1.20 bits per heavy atom. The average molecular weight is 353 g/mol. The third kappa shape index (κ3) is 2.90. The van der Waals surface area contributed by atoms with Gasteiger partial charge in [0.05, 0.1) is 6.26 Å². The molecule has 0 bridgehead atoms. The lowest BCUT2D eigenvalue weighted by Gasteiger charge is -2.02. The molecule has 3 aromatic heterocycles. The van der Waals surface area contributed by atoms with Gasteiger partial charge in [0.25, 0.3) is 0 Å². The molecule has 0 saturated carbocycles. The van der Waals surface area contributed by atoms with E-state index in [9.17, 15) is 4.79 Å². The first-order chi connectivity index (χ1) is 12.2. The summed E-state index contributed by atoms with van der Waals surface area (Å²) in [5.74, 6) is 0.583. The van der Waals surface area contributed by atoms with Crippen LogP contribution in [-0.2, 0) is 6.54 Å². The summed E-state index contributed by atoms with van der Waals surface area (Å²) in [6.07, 6.45) is 1.42. The van der Waals surface area contributed by atoms with Gasteiger partial charge in [0.2, 0.25) is 10.6 Å². The molecule has 0 fully saturated rings. The second-order valence-electron chi connectivity index (χ2n) is 5.07. The molecule has 0 spiro atoms. The van der Waals surface area contributed by atoms with Gasteiger partial charge in [-0.2, -0.15) is 9.90 Å². The van der Waals surface area contributed by atoms with Crippen LogP contribution in [0.2, 0.25) is 0 Å². The van der Waals surface area contributed by atoms with E-state index in [0.717, 1.165) is 5.56 Å². The van der Waals surface area contributed by atoms with Gasteiger partial charge < -0.3 is 4.42 Å². The number of tetrazole rings is 1. The first-order valence-corrected chi connectivity index (χ1v) is 7.71. The number of nitrogens with one attached hydrogen (secondary N) is 1. The van der Waals surface area contributed by atoms with E-state index in [1.54, 1.807) is 12.1 Å². The average Bonchev–Trinajstić information content (AvgIpc) is 3.37.